The van der Waals surface area contributed by atoms with Crippen LogP contribution in [0.15, 0.2) is 42.7 Å². The molecule has 0 bridgehead atoms. The van der Waals surface area contributed by atoms with Gasteiger partial charge in [-0.05, 0) is 81.5 Å². The minimum atomic E-state index is -1.04. The Kier molecular flexibility index (Phi) is 6.46. The number of aryl methyl sites for hydroxylation is 1. The van der Waals surface area contributed by atoms with Gasteiger partial charge in [0.15, 0.2) is 0 Å². The smallest absolute Gasteiger partial charge is 0.223 e. The van der Waals surface area contributed by atoms with Crippen molar-refractivity contribution in [2.75, 3.05) is 0 Å². The average Bonchev–Trinajstić information content (AvgIpc) is 3.48. The van der Waals surface area contributed by atoms with Crippen LogP contribution >= 0.6 is 0 Å². The number of carbonyl (C=O) groups excluding carboxylic acids is 1. The van der Waals surface area contributed by atoms with Gasteiger partial charge in [0, 0.05) is 35.3 Å². The summed E-state index contributed by atoms with van der Waals surface area (Å²) in [5.41, 5.74) is 8.46. The molecule has 3 aromatic rings. The number of hydrogen-bond donors (Lipinski definition) is 4. The number of benzene rings is 1. The van der Waals surface area contributed by atoms with E-state index >= 15 is 0 Å². The van der Waals surface area contributed by atoms with Gasteiger partial charge in [0.1, 0.15) is 11.3 Å². The first-order valence-electron chi connectivity index (χ1n) is 13.4. The molecule has 1 aliphatic heterocycles. The molecule has 2 aromatic heterocycles. The molecular formula is C28H35FN6O2. The van der Waals surface area contributed by atoms with E-state index in [1.807, 2.05) is 19.2 Å². The Morgan fingerprint density at radius 2 is 2.16 bits per heavy atom. The van der Waals surface area contributed by atoms with Crippen LogP contribution in [0.2, 0.25) is 0 Å². The zero-order valence-electron chi connectivity index (χ0n) is 21.2. The Morgan fingerprint density at radius 3 is 3.03 bits per heavy atom. The fraction of sp³-hybridized carbons (Fsp3) is 0.536. The Labute approximate surface area is 216 Å². The molecule has 8 nitrogen and oxygen atoms in total. The van der Waals surface area contributed by atoms with E-state index in [4.69, 9.17) is 0 Å². The predicted octanol–water partition coefficient (Wildman–Crippen LogP) is 3.30. The van der Waals surface area contributed by atoms with E-state index in [1.165, 1.54) is 11.6 Å². The number of para-hydroxylation sites is 1. The summed E-state index contributed by atoms with van der Waals surface area (Å²) in [4.78, 5) is 17.7. The maximum atomic E-state index is 14.5. The number of nitrogens with zero attached hydrogens (tertiary/aromatic N) is 3. The van der Waals surface area contributed by atoms with Gasteiger partial charge in [-0.1, -0.05) is 12.1 Å². The molecule has 6 atom stereocenters. The third kappa shape index (κ3) is 4.87. The summed E-state index contributed by atoms with van der Waals surface area (Å²) < 4.78 is 16.0. The summed E-state index contributed by atoms with van der Waals surface area (Å²) >= 11 is 0. The predicted molar refractivity (Wildman–Crippen MR) is 138 cm³/mol. The number of nitrogens with one attached hydrogen (secondary N) is 3. The molecule has 3 fully saturated rings. The van der Waals surface area contributed by atoms with Crippen molar-refractivity contribution < 1.29 is 14.3 Å². The third-order valence-electron chi connectivity index (χ3n) is 8.63. The minimum Gasteiger partial charge on any atom is -0.388 e. The highest BCUT2D eigenvalue weighted by Gasteiger charge is 2.43. The first-order chi connectivity index (χ1) is 17.9. The molecule has 4 N–H and O–H groups in total. The molecule has 1 saturated heterocycles. The van der Waals surface area contributed by atoms with Crippen molar-refractivity contribution in [3.05, 3.63) is 59.8 Å². The van der Waals surface area contributed by atoms with Crippen LogP contribution in [-0.4, -0.2) is 43.5 Å². The summed E-state index contributed by atoms with van der Waals surface area (Å²) in [7, 11) is 0. The number of fused-ring (bicyclic) bond motifs is 2. The average molecular weight is 507 g/mol. The van der Waals surface area contributed by atoms with E-state index < -0.39 is 5.60 Å². The first kappa shape index (κ1) is 24.5. The quantitative estimate of drug-likeness (QED) is 0.423. The van der Waals surface area contributed by atoms with E-state index in [0.29, 0.717) is 30.3 Å². The highest BCUT2D eigenvalue weighted by Crippen LogP contribution is 2.41. The molecule has 196 valence electrons. The molecule has 3 heterocycles. The van der Waals surface area contributed by atoms with Crippen molar-refractivity contribution in [1.29, 1.82) is 0 Å². The van der Waals surface area contributed by atoms with Crippen LogP contribution in [0.5, 0.6) is 0 Å². The number of pyridine rings is 1. The zero-order chi connectivity index (χ0) is 25.6. The van der Waals surface area contributed by atoms with Gasteiger partial charge in [-0.15, -0.1) is 0 Å². The van der Waals surface area contributed by atoms with Gasteiger partial charge in [0.2, 0.25) is 5.91 Å². The second-order valence-corrected chi connectivity index (χ2v) is 11.3. The van der Waals surface area contributed by atoms with Crippen LogP contribution in [0.25, 0.3) is 10.9 Å². The molecular weight excluding hydrogens is 471 g/mol. The molecule has 0 radical (unpaired) electrons. The fourth-order valence-corrected chi connectivity index (χ4v) is 6.81. The molecule has 1 amide bonds. The number of hydrogen-bond acceptors (Lipinski definition) is 6. The van der Waals surface area contributed by atoms with Crippen LogP contribution in [0.3, 0.4) is 0 Å². The monoisotopic (exact) mass is 506 g/mol. The van der Waals surface area contributed by atoms with Crippen LogP contribution in [0.1, 0.15) is 62.2 Å². The van der Waals surface area contributed by atoms with E-state index in [-0.39, 0.29) is 36.3 Å². The van der Waals surface area contributed by atoms with Gasteiger partial charge in [-0.2, -0.15) is 5.10 Å². The molecule has 4 unspecified atom stereocenters. The van der Waals surface area contributed by atoms with E-state index in [9.17, 15) is 14.3 Å². The number of aromatic nitrogens is 3. The number of halogens is 1. The largest absolute Gasteiger partial charge is 0.388 e. The lowest BCUT2D eigenvalue weighted by molar-refractivity contribution is -0.128. The number of amides is 1. The minimum absolute atomic E-state index is 0.0486. The van der Waals surface area contributed by atoms with Crippen molar-refractivity contribution in [2.45, 2.75) is 82.1 Å². The summed E-state index contributed by atoms with van der Waals surface area (Å²) in [5.74, 6) is 0.0240. The number of rotatable bonds is 5. The number of carbonyl (C=O) groups is 1. The molecule has 2 saturated carbocycles. The second kappa shape index (κ2) is 9.78. The zero-order valence-corrected chi connectivity index (χ0v) is 21.2. The normalized spacial score (nSPS) is 31.8. The van der Waals surface area contributed by atoms with Crippen LogP contribution in [0, 0.1) is 24.6 Å². The van der Waals surface area contributed by atoms with E-state index in [1.54, 1.807) is 16.9 Å². The van der Waals surface area contributed by atoms with Gasteiger partial charge >= 0.3 is 0 Å². The van der Waals surface area contributed by atoms with Gasteiger partial charge in [-0.3, -0.25) is 19.9 Å². The highest BCUT2D eigenvalue weighted by atomic mass is 19.1. The Hall–Kier alpha value is -2.88. The van der Waals surface area contributed by atoms with Crippen molar-refractivity contribution in [3.63, 3.8) is 0 Å². The molecule has 37 heavy (non-hydrogen) atoms. The Bertz CT molecular complexity index is 1300. The van der Waals surface area contributed by atoms with Crippen molar-refractivity contribution in [3.8, 4) is 0 Å². The number of aliphatic hydroxyl groups is 1. The molecule has 3 aliphatic rings. The van der Waals surface area contributed by atoms with E-state index in [2.05, 4.69) is 38.4 Å². The molecule has 9 heteroatoms. The summed E-state index contributed by atoms with van der Waals surface area (Å²) in [6.45, 7) is 2.21. The lowest BCUT2D eigenvalue weighted by Gasteiger charge is -2.38. The molecule has 1 aromatic carbocycles. The lowest BCUT2D eigenvalue weighted by Crippen LogP contribution is -2.50. The standard InChI is InChI=1S/C28H35FN6O2/c1-17-12-18(9-11-30-17)25-22-13-19(7-8-24(22)33-34-25)27(36)32-21-5-3-10-28(37,14-21)16-35-26-20(15-31-35)4-2-6-23(26)29/h2,4,6,9,11-12,15,19,21-22,24-25,33-34,37H,3,5,7-8,10,13-14,16H2,1H3,(H,32,36)/t19?,21-,22?,24?,25?,28-/m0/s1. The Balaban J connectivity index is 1.10. The Morgan fingerprint density at radius 1 is 1.27 bits per heavy atom. The van der Waals surface area contributed by atoms with Crippen molar-refractivity contribution in [2.24, 2.45) is 11.8 Å². The van der Waals surface area contributed by atoms with Gasteiger partial charge in [-0.25, -0.2) is 9.82 Å². The van der Waals surface area contributed by atoms with Gasteiger partial charge < -0.3 is 10.4 Å². The maximum absolute atomic E-state index is 14.5. The van der Waals surface area contributed by atoms with Crippen molar-refractivity contribution in [1.82, 2.24) is 30.9 Å². The van der Waals surface area contributed by atoms with E-state index in [0.717, 1.165) is 43.2 Å². The van der Waals surface area contributed by atoms with Crippen LogP contribution in [0.4, 0.5) is 4.39 Å². The molecule has 6 rings (SSSR count). The number of hydrazine groups is 1. The molecule has 2 aliphatic carbocycles. The first-order valence-corrected chi connectivity index (χ1v) is 13.4. The lowest BCUT2D eigenvalue weighted by atomic mass is 9.74. The topological polar surface area (TPSA) is 104 Å². The summed E-state index contributed by atoms with van der Waals surface area (Å²) in [6.07, 6.45) is 8.77. The van der Waals surface area contributed by atoms with Gasteiger partial charge in [0.05, 0.1) is 24.4 Å². The maximum Gasteiger partial charge on any atom is 0.223 e. The second-order valence-electron chi connectivity index (χ2n) is 11.3. The molecule has 0 spiro atoms. The SMILES string of the molecule is Cc1cc(C2NNC3CCC(C(=O)N[C@H]4CCC[C@@](O)(Cn5ncc6cccc(F)c65)C4)CC32)ccn1. The van der Waals surface area contributed by atoms with Gasteiger partial charge in [0.25, 0.3) is 0 Å². The van der Waals surface area contributed by atoms with Crippen molar-refractivity contribution >= 4 is 16.8 Å². The highest BCUT2D eigenvalue weighted by molar-refractivity contribution is 5.79. The third-order valence-corrected chi connectivity index (χ3v) is 8.63. The fourth-order valence-electron chi connectivity index (χ4n) is 6.81. The van der Waals surface area contributed by atoms with Crippen LogP contribution in [-0.2, 0) is 11.3 Å². The summed E-state index contributed by atoms with van der Waals surface area (Å²) in [5, 5.41) is 19.8. The summed E-state index contributed by atoms with van der Waals surface area (Å²) in [6, 6.07) is 9.47. The van der Waals surface area contributed by atoms with Crippen LogP contribution < -0.4 is 16.2 Å².